The number of hydrogen-bond donors (Lipinski definition) is 0. The molecule has 1 aliphatic carbocycles. The van der Waals surface area contributed by atoms with Crippen LogP contribution in [-0.2, 0) is 0 Å². The lowest BCUT2D eigenvalue weighted by molar-refractivity contribution is 0.850. The highest BCUT2D eigenvalue weighted by molar-refractivity contribution is 6.12. The highest BCUT2D eigenvalue weighted by atomic mass is 15.3. The van der Waals surface area contributed by atoms with Gasteiger partial charge in [0.15, 0.2) is 0 Å². The summed E-state index contributed by atoms with van der Waals surface area (Å²) in [4.78, 5) is 5.00. The normalized spacial score (nSPS) is 13.1. The van der Waals surface area contributed by atoms with Crippen LogP contribution in [0.3, 0.4) is 0 Å². The SMILES string of the molecule is c1ccc(N2CCN(c3ccccc3)c3cc4c(cc32)-c2ccccc2-c2cccc(-n3c5ccccc5c5ccccc53)c2-c2ccccc2-4)cc1. The molecule has 0 fully saturated rings. The third-order valence-electron chi connectivity index (χ3n) is 11.2. The largest absolute Gasteiger partial charge is 0.338 e. The second-order valence-electron chi connectivity index (χ2n) is 14.0. The number of nitrogens with zero attached hydrogens (tertiary/aromatic N) is 3. The molecular formula is C50H35N3. The molecule has 53 heavy (non-hydrogen) atoms. The zero-order valence-corrected chi connectivity index (χ0v) is 29.2. The first kappa shape index (κ1) is 29.8. The number of para-hydroxylation sites is 4. The molecule has 0 atom stereocenters. The third kappa shape index (κ3) is 4.54. The van der Waals surface area contributed by atoms with E-state index in [0.29, 0.717) is 0 Å². The summed E-state index contributed by atoms with van der Waals surface area (Å²) >= 11 is 0. The molecule has 1 aliphatic heterocycles. The van der Waals surface area contributed by atoms with Gasteiger partial charge in [-0.1, -0.05) is 133 Å². The number of rotatable bonds is 3. The van der Waals surface area contributed by atoms with Crippen molar-refractivity contribution in [2.24, 2.45) is 0 Å². The molecule has 8 aromatic carbocycles. The molecule has 0 saturated carbocycles. The Kier molecular flexibility index (Phi) is 6.68. The fraction of sp³-hybridized carbons (Fsp3) is 0.0400. The Bertz CT molecular complexity index is 2800. The van der Waals surface area contributed by atoms with Gasteiger partial charge in [0, 0.05) is 40.8 Å². The van der Waals surface area contributed by atoms with Crippen molar-refractivity contribution < 1.29 is 0 Å². The first-order chi connectivity index (χ1) is 26.3. The van der Waals surface area contributed by atoms with E-state index >= 15 is 0 Å². The predicted octanol–water partition coefficient (Wildman–Crippen LogP) is 13.1. The van der Waals surface area contributed by atoms with Crippen LogP contribution in [-0.4, -0.2) is 17.7 Å². The molecule has 11 rings (SSSR count). The average Bonchev–Trinajstić information content (AvgIpc) is 3.57. The Morgan fingerprint density at radius 2 is 0.717 bits per heavy atom. The molecule has 0 bridgehead atoms. The smallest absolute Gasteiger partial charge is 0.0659 e. The standard InChI is InChI=1S/C50H35N3/c1-3-16-34(17-4-1)51-30-31-52(35-18-5-2-6-19-35)49-33-44-38-22-9-10-25-41(38)50-42(36-20-7-8-21-37(36)43(44)32-48(49)51)26-15-29-47(50)53-45-27-13-11-23-39(45)40-24-12-14-28-46(40)53/h1-29,32-33H,30-31H2. The van der Waals surface area contributed by atoms with Crippen molar-refractivity contribution in [1.82, 2.24) is 4.57 Å². The van der Waals surface area contributed by atoms with Crippen molar-refractivity contribution in [3.63, 3.8) is 0 Å². The molecule has 0 unspecified atom stereocenters. The van der Waals surface area contributed by atoms with Gasteiger partial charge in [0.05, 0.1) is 28.1 Å². The zero-order valence-electron chi connectivity index (χ0n) is 29.2. The molecule has 0 radical (unpaired) electrons. The Balaban J connectivity index is 1.24. The van der Waals surface area contributed by atoms with E-state index in [0.717, 1.165) is 13.1 Å². The van der Waals surface area contributed by atoms with Crippen molar-refractivity contribution in [2.45, 2.75) is 0 Å². The number of benzene rings is 8. The molecule has 250 valence electrons. The maximum absolute atomic E-state index is 2.50. The van der Waals surface area contributed by atoms with Crippen molar-refractivity contribution in [3.05, 3.63) is 188 Å². The monoisotopic (exact) mass is 677 g/mol. The van der Waals surface area contributed by atoms with Crippen LogP contribution in [0.15, 0.2) is 188 Å². The number of fused-ring (bicyclic) bond motifs is 12. The number of aromatic nitrogens is 1. The minimum atomic E-state index is 0.879. The van der Waals surface area contributed by atoms with Crippen molar-refractivity contribution >= 4 is 44.6 Å². The topological polar surface area (TPSA) is 11.4 Å². The van der Waals surface area contributed by atoms with Gasteiger partial charge in [0.1, 0.15) is 0 Å². The second-order valence-corrected chi connectivity index (χ2v) is 14.0. The highest BCUT2D eigenvalue weighted by Gasteiger charge is 2.31. The molecule has 2 heterocycles. The summed E-state index contributed by atoms with van der Waals surface area (Å²) in [5, 5.41) is 2.53. The molecular weight excluding hydrogens is 643 g/mol. The minimum absolute atomic E-state index is 0.879. The lowest BCUT2D eigenvalue weighted by Gasteiger charge is -2.40. The summed E-state index contributed by atoms with van der Waals surface area (Å²) in [6.45, 7) is 1.76. The van der Waals surface area contributed by atoms with E-state index in [1.54, 1.807) is 0 Å². The van der Waals surface area contributed by atoms with Crippen LogP contribution in [0.25, 0.3) is 72.0 Å². The zero-order chi connectivity index (χ0) is 34.9. The summed E-state index contributed by atoms with van der Waals surface area (Å²) in [6, 6.07) is 69.2. The van der Waals surface area contributed by atoms with Gasteiger partial charge in [0.25, 0.3) is 0 Å². The van der Waals surface area contributed by atoms with E-state index in [2.05, 4.69) is 202 Å². The highest BCUT2D eigenvalue weighted by Crippen LogP contribution is 2.54. The van der Waals surface area contributed by atoms with Crippen molar-refractivity contribution in [3.8, 4) is 50.2 Å². The van der Waals surface area contributed by atoms with Gasteiger partial charge < -0.3 is 14.4 Å². The molecule has 9 aromatic rings. The lowest BCUT2D eigenvalue weighted by Crippen LogP contribution is -2.36. The van der Waals surface area contributed by atoms with Gasteiger partial charge in [-0.15, -0.1) is 0 Å². The van der Waals surface area contributed by atoms with E-state index in [9.17, 15) is 0 Å². The first-order valence-electron chi connectivity index (χ1n) is 18.5. The van der Waals surface area contributed by atoms with Crippen LogP contribution in [0.5, 0.6) is 0 Å². The third-order valence-corrected chi connectivity index (χ3v) is 11.2. The Morgan fingerprint density at radius 1 is 0.302 bits per heavy atom. The maximum atomic E-state index is 2.50. The molecule has 0 amide bonds. The number of anilines is 4. The van der Waals surface area contributed by atoms with Gasteiger partial charge in [-0.05, 0) is 93.5 Å². The number of hydrogen-bond acceptors (Lipinski definition) is 2. The molecule has 1 aromatic heterocycles. The van der Waals surface area contributed by atoms with E-state index in [4.69, 9.17) is 0 Å². The summed E-state index contributed by atoms with van der Waals surface area (Å²) in [5.74, 6) is 0. The molecule has 3 heteroatoms. The summed E-state index contributed by atoms with van der Waals surface area (Å²) in [7, 11) is 0. The van der Waals surface area contributed by atoms with Crippen LogP contribution >= 0.6 is 0 Å². The summed E-state index contributed by atoms with van der Waals surface area (Å²) in [5.41, 5.74) is 18.4. The van der Waals surface area contributed by atoms with Gasteiger partial charge in [-0.25, -0.2) is 0 Å². The Morgan fingerprint density at radius 3 is 1.26 bits per heavy atom. The van der Waals surface area contributed by atoms with Crippen LogP contribution in [0.1, 0.15) is 0 Å². The van der Waals surface area contributed by atoms with Crippen molar-refractivity contribution in [2.75, 3.05) is 22.9 Å². The van der Waals surface area contributed by atoms with E-state index in [1.807, 2.05) is 0 Å². The lowest BCUT2D eigenvalue weighted by atomic mass is 9.79. The fourth-order valence-corrected chi connectivity index (χ4v) is 8.95. The fourth-order valence-electron chi connectivity index (χ4n) is 8.95. The summed E-state index contributed by atoms with van der Waals surface area (Å²) < 4.78 is 2.48. The Labute approximate surface area is 309 Å². The van der Waals surface area contributed by atoms with Gasteiger partial charge >= 0.3 is 0 Å². The molecule has 2 aliphatic rings. The Hall–Kier alpha value is -6.84. The second kappa shape index (κ2) is 11.9. The quantitative estimate of drug-likeness (QED) is 0.184. The van der Waals surface area contributed by atoms with Crippen molar-refractivity contribution in [1.29, 1.82) is 0 Å². The van der Waals surface area contributed by atoms with E-state index in [1.165, 1.54) is 94.8 Å². The van der Waals surface area contributed by atoms with Gasteiger partial charge in [0.2, 0.25) is 0 Å². The van der Waals surface area contributed by atoms with E-state index < -0.39 is 0 Å². The molecule has 0 N–H and O–H groups in total. The average molecular weight is 678 g/mol. The molecule has 0 spiro atoms. The van der Waals surface area contributed by atoms with Crippen LogP contribution < -0.4 is 9.80 Å². The van der Waals surface area contributed by atoms with Gasteiger partial charge in [-0.2, -0.15) is 0 Å². The van der Waals surface area contributed by atoms with Crippen LogP contribution in [0.4, 0.5) is 22.7 Å². The maximum Gasteiger partial charge on any atom is 0.0659 e. The molecule has 3 nitrogen and oxygen atoms in total. The van der Waals surface area contributed by atoms with Gasteiger partial charge in [-0.3, -0.25) is 0 Å². The van der Waals surface area contributed by atoms with Crippen LogP contribution in [0, 0.1) is 0 Å². The molecule has 0 saturated heterocycles. The van der Waals surface area contributed by atoms with E-state index in [-0.39, 0.29) is 0 Å². The summed E-state index contributed by atoms with van der Waals surface area (Å²) in [6.07, 6.45) is 0. The predicted molar refractivity (Wildman–Crippen MR) is 223 cm³/mol. The van der Waals surface area contributed by atoms with Crippen LogP contribution in [0.2, 0.25) is 0 Å². The minimum Gasteiger partial charge on any atom is -0.338 e. The first-order valence-corrected chi connectivity index (χ1v) is 18.5.